The van der Waals surface area contributed by atoms with Crippen molar-refractivity contribution in [3.63, 3.8) is 0 Å². The molecule has 1 aromatic heterocycles. The molecule has 1 amide bonds. The normalized spacial score (nSPS) is 10.6. The Morgan fingerprint density at radius 3 is 2.81 bits per heavy atom. The summed E-state index contributed by atoms with van der Waals surface area (Å²) in [7, 11) is 0. The Hall–Kier alpha value is -3.06. The molecule has 0 unspecified atom stereocenters. The molecule has 26 heavy (non-hydrogen) atoms. The first-order valence-electron chi connectivity index (χ1n) is 7.93. The number of nitrogens with one attached hydrogen (secondary N) is 2. The molecule has 1 heterocycles. The number of aromatic nitrogens is 2. The van der Waals surface area contributed by atoms with E-state index >= 15 is 0 Å². The fourth-order valence-corrected chi connectivity index (χ4v) is 2.68. The molecule has 3 rings (SSSR count). The number of benzene rings is 2. The molecule has 0 radical (unpaired) electrons. The summed E-state index contributed by atoms with van der Waals surface area (Å²) in [6.07, 6.45) is -0.653. The molecule has 0 spiro atoms. The van der Waals surface area contributed by atoms with Gasteiger partial charge in [0.05, 0.1) is 17.6 Å². The summed E-state index contributed by atoms with van der Waals surface area (Å²) in [5, 5.41) is 11.5. The number of ether oxygens (including phenoxy) is 2. The van der Waals surface area contributed by atoms with Gasteiger partial charge in [-0.25, -0.2) is 14.3 Å². The van der Waals surface area contributed by atoms with Gasteiger partial charge in [-0.1, -0.05) is 23.7 Å². The van der Waals surface area contributed by atoms with E-state index < -0.39 is 6.09 Å². The van der Waals surface area contributed by atoms with Crippen molar-refractivity contribution < 1.29 is 14.3 Å². The minimum atomic E-state index is -0.653. The molecule has 0 aliphatic rings. The molecule has 0 fully saturated rings. The Morgan fingerprint density at radius 2 is 2.08 bits per heavy atom. The molecule has 0 saturated carbocycles. The number of carbonyl (C=O) groups excluding carboxylic acids is 1. The van der Waals surface area contributed by atoms with Crippen LogP contribution in [0.1, 0.15) is 12.5 Å². The second kappa shape index (κ2) is 7.45. The van der Waals surface area contributed by atoms with E-state index in [1.807, 2.05) is 19.1 Å². The van der Waals surface area contributed by atoms with Crippen LogP contribution >= 0.6 is 11.6 Å². The van der Waals surface area contributed by atoms with Crippen LogP contribution in [0.3, 0.4) is 0 Å². The summed E-state index contributed by atoms with van der Waals surface area (Å²) in [6, 6.07) is 12.1. The summed E-state index contributed by atoms with van der Waals surface area (Å²) in [4.78, 5) is 16.1. The van der Waals surface area contributed by atoms with Crippen LogP contribution in [0.4, 0.5) is 10.7 Å². The van der Waals surface area contributed by atoms with E-state index in [4.69, 9.17) is 26.5 Å². The van der Waals surface area contributed by atoms with Crippen LogP contribution < -0.4 is 10.1 Å². The number of amides is 1. The average molecular weight is 373 g/mol. The van der Waals surface area contributed by atoms with E-state index in [1.54, 1.807) is 37.3 Å². The number of anilines is 1. The maximum Gasteiger partial charge on any atom is 0.413 e. The maximum absolute atomic E-state index is 11.8. The largest absolute Gasteiger partial charge is 0.450 e. The van der Waals surface area contributed by atoms with E-state index in [9.17, 15) is 4.79 Å². The predicted octanol–water partition coefficient (Wildman–Crippen LogP) is 4.43. The smallest absolute Gasteiger partial charge is 0.413 e. The van der Waals surface area contributed by atoms with Crippen LogP contribution in [-0.2, 0) is 4.74 Å². The van der Waals surface area contributed by atoms with E-state index in [-0.39, 0.29) is 18.6 Å². The number of fused-ring (bicyclic) bond motifs is 1. The quantitative estimate of drug-likeness (QED) is 0.525. The van der Waals surface area contributed by atoms with Gasteiger partial charge in [-0.3, -0.25) is 10.7 Å². The van der Waals surface area contributed by atoms with Crippen molar-refractivity contribution in [1.82, 2.24) is 9.55 Å². The van der Waals surface area contributed by atoms with Gasteiger partial charge >= 0.3 is 12.1 Å². The Kier molecular flexibility index (Phi) is 5.09. The highest BCUT2D eigenvalue weighted by Gasteiger charge is 2.18. The lowest BCUT2D eigenvalue weighted by Crippen LogP contribution is -2.23. The van der Waals surface area contributed by atoms with Gasteiger partial charge in [-0.05, 0) is 49.7 Å². The van der Waals surface area contributed by atoms with Crippen LogP contribution in [0.15, 0.2) is 42.5 Å². The van der Waals surface area contributed by atoms with Crippen molar-refractivity contribution >= 4 is 40.7 Å². The van der Waals surface area contributed by atoms with Gasteiger partial charge in [-0.15, -0.1) is 0 Å². The van der Waals surface area contributed by atoms with Gasteiger partial charge < -0.3 is 9.47 Å². The van der Waals surface area contributed by atoms with Crippen molar-refractivity contribution in [2.24, 2.45) is 0 Å². The summed E-state index contributed by atoms with van der Waals surface area (Å²) in [5.41, 5.74) is 2.02. The second-order valence-electron chi connectivity index (χ2n) is 5.42. The number of imidazole rings is 1. The van der Waals surface area contributed by atoms with Crippen molar-refractivity contribution in [3.8, 4) is 5.75 Å². The zero-order valence-corrected chi connectivity index (χ0v) is 15.0. The molecule has 0 aliphatic carbocycles. The molecule has 0 saturated heterocycles. The van der Waals surface area contributed by atoms with Crippen LogP contribution in [0.25, 0.3) is 11.0 Å². The van der Waals surface area contributed by atoms with Crippen molar-refractivity contribution in [1.29, 1.82) is 5.41 Å². The van der Waals surface area contributed by atoms with Gasteiger partial charge in [0.25, 0.3) is 0 Å². The monoisotopic (exact) mass is 372 g/mol. The predicted molar refractivity (Wildman–Crippen MR) is 100 cm³/mol. The van der Waals surface area contributed by atoms with E-state index in [0.29, 0.717) is 21.8 Å². The fraction of sp³-hybridized carbons (Fsp3) is 0.167. The van der Waals surface area contributed by atoms with Crippen LogP contribution in [0.5, 0.6) is 5.75 Å². The van der Waals surface area contributed by atoms with Crippen molar-refractivity contribution in [3.05, 3.63) is 53.1 Å². The van der Waals surface area contributed by atoms with Gasteiger partial charge in [-0.2, -0.15) is 0 Å². The Balaban J connectivity index is 1.98. The molecular weight excluding hydrogens is 356 g/mol. The lowest BCUT2D eigenvalue weighted by atomic mass is 10.2. The highest BCUT2D eigenvalue weighted by atomic mass is 35.5. The van der Waals surface area contributed by atoms with Crippen molar-refractivity contribution in [2.75, 3.05) is 11.9 Å². The van der Waals surface area contributed by atoms with Crippen LogP contribution in [0.2, 0.25) is 5.02 Å². The molecule has 134 valence electrons. The fourth-order valence-electron chi connectivity index (χ4n) is 2.45. The summed E-state index contributed by atoms with van der Waals surface area (Å²) in [5.74, 6) is 0.625. The summed E-state index contributed by atoms with van der Waals surface area (Å²) >= 11 is 5.96. The SMILES string of the molecule is CCOC(=O)Nc1nc2ccccc2n1C(=N)Oc1ccc(Cl)cc1C. The third-order valence-electron chi connectivity index (χ3n) is 3.60. The number of halogens is 1. The minimum Gasteiger partial charge on any atom is -0.450 e. The van der Waals surface area contributed by atoms with E-state index in [1.165, 1.54) is 4.57 Å². The molecule has 0 atom stereocenters. The molecule has 0 aliphatic heterocycles. The molecule has 3 aromatic rings. The maximum atomic E-state index is 11.8. The third kappa shape index (κ3) is 3.62. The summed E-state index contributed by atoms with van der Waals surface area (Å²) < 4.78 is 12.0. The first kappa shape index (κ1) is 17.8. The first-order chi connectivity index (χ1) is 12.5. The zero-order chi connectivity index (χ0) is 18.7. The lowest BCUT2D eigenvalue weighted by molar-refractivity contribution is 0.167. The number of hydrogen-bond donors (Lipinski definition) is 2. The number of nitrogens with zero attached hydrogens (tertiary/aromatic N) is 2. The summed E-state index contributed by atoms with van der Waals surface area (Å²) in [6.45, 7) is 3.76. The topological polar surface area (TPSA) is 89.2 Å². The Morgan fingerprint density at radius 1 is 1.31 bits per heavy atom. The van der Waals surface area contributed by atoms with Gasteiger partial charge in [0.1, 0.15) is 5.75 Å². The van der Waals surface area contributed by atoms with Crippen LogP contribution in [0, 0.1) is 12.3 Å². The molecule has 7 nitrogen and oxygen atoms in total. The highest BCUT2D eigenvalue weighted by molar-refractivity contribution is 6.30. The van der Waals surface area contributed by atoms with Gasteiger partial charge in [0, 0.05) is 5.02 Å². The number of carbonyl (C=O) groups is 1. The lowest BCUT2D eigenvalue weighted by Gasteiger charge is -2.13. The number of rotatable bonds is 3. The molecular formula is C18H17ClN4O3. The highest BCUT2D eigenvalue weighted by Crippen LogP contribution is 2.24. The van der Waals surface area contributed by atoms with E-state index in [2.05, 4.69) is 10.3 Å². The number of aryl methyl sites for hydroxylation is 1. The molecule has 8 heteroatoms. The van der Waals surface area contributed by atoms with Crippen LogP contribution in [-0.4, -0.2) is 28.3 Å². The minimum absolute atomic E-state index is 0.140. The molecule has 2 aromatic carbocycles. The Labute approximate surface area is 155 Å². The molecule has 0 bridgehead atoms. The Bertz CT molecular complexity index is 984. The first-order valence-corrected chi connectivity index (χ1v) is 8.31. The zero-order valence-electron chi connectivity index (χ0n) is 14.2. The second-order valence-corrected chi connectivity index (χ2v) is 5.86. The average Bonchev–Trinajstić information content (AvgIpc) is 2.95. The van der Waals surface area contributed by atoms with Gasteiger partial charge in [0.15, 0.2) is 0 Å². The standard InChI is InChI=1S/C18H17ClN4O3/c1-3-25-18(24)22-17-21-13-6-4-5-7-14(13)23(17)16(20)26-15-9-8-12(19)10-11(15)2/h4-10,20H,3H2,1-2H3,(H,21,22,24). The van der Waals surface area contributed by atoms with Gasteiger partial charge in [0.2, 0.25) is 5.95 Å². The van der Waals surface area contributed by atoms with Crippen molar-refractivity contribution in [2.45, 2.75) is 13.8 Å². The molecule has 2 N–H and O–H groups in total. The number of para-hydroxylation sites is 2. The third-order valence-corrected chi connectivity index (χ3v) is 3.83. The van der Waals surface area contributed by atoms with E-state index in [0.717, 1.165) is 5.56 Å². The number of hydrogen-bond acceptors (Lipinski definition) is 5.